The van der Waals surface area contributed by atoms with Gasteiger partial charge in [-0.15, -0.1) is 0 Å². The maximum atomic E-state index is 12.7. The predicted molar refractivity (Wildman–Crippen MR) is 123 cm³/mol. The molecule has 0 atom stereocenters. The van der Waals surface area contributed by atoms with Gasteiger partial charge in [0.2, 0.25) is 12.7 Å². The number of thioether (sulfide) groups is 1. The molecule has 0 bridgehead atoms. The Hall–Kier alpha value is -3.69. The highest BCUT2D eigenvalue weighted by Gasteiger charge is 2.36. The van der Waals surface area contributed by atoms with Gasteiger partial charge in [0.05, 0.1) is 4.91 Å². The van der Waals surface area contributed by atoms with Gasteiger partial charge in [-0.05, 0) is 60.3 Å². The van der Waals surface area contributed by atoms with E-state index in [9.17, 15) is 14.4 Å². The van der Waals surface area contributed by atoms with E-state index >= 15 is 0 Å². The van der Waals surface area contributed by atoms with Gasteiger partial charge in [-0.1, -0.05) is 11.6 Å². The van der Waals surface area contributed by atoms with E-state index in [1.54, 1.807) is 42.5 Å². The van der Waals surface area contributed by atoms with Crippen LogP contribution in [0.3, 0.4) is 0 Å². The first kappa shape index (κ1) is 21.2. The monoisotopic (exact) mass is 482 g/mol. The molecule has 0 unspecified atom stereocenters. The first-order valence-corrected chi connectivity index (χ1v) is 11.0. The SMILES string of the molecule is O=C(CN1C(=O)S/C(=C/c2ccc(-c3ccc(Cl)cc3)o2)C1=O)Nc1ccc2c(c1)OCO2. The number of halogens is 1. The van der Waals surface area contributed by atoms with Crippen LogP contribution in [0, 0.1) is 0 Å². The van der Waals surface area contributed by atoms with Crippen molar-refractivity contribution >= 4 is 52.2 Å². The van der Waals surface area contributed by atoms with Gasteiger partial charge in [0.1, 0.15) is 18.1 Å². The summed E-state index contributed by atoms with van der Waals surface area (Å²) < 4.78 is 16.3. The summed E-state index contributed by atoms with van der Waals surface area (Å²) >= 11 is 6.66. The van der Waals surface area contributed by atoms with Crippen molar-refractivity contribution in [1.82, 2.24) is 4.90 Å². The Labute approximate surface area is 197 Å². The number of amides is 3. The molecular formula is C23H15ClN2O6S. The topological polar surface area (TPSA) is 98.1 Å². The number of fused-ring (bicyclic) bond motifs is 1. The molecule has 1 N–H and O–H groups in total. The molecule has 1 aromatic heterocycles. The van der Waals surface area contributed by atoms with Gasteiger partial charge in [0.25, 0.3) is 11.1 Å². The maximum absolute atomic E-state index is 12.7. The Morgan fingerprint density at radius 3 is 2.67 bits per heavy atom. The second-order valence-corrected chi connectivity index (χ2v) is 8.52. The average Bonchev–Trinajstić information content (AvgIpc) is 3.51. The highest BCUT2D eigenvalue weighted by atomic mass is 35.5. The first-order chi connectivity index (χ1) is 16.0. The number of anilines is 1. The second kappa shape index (κ2) is 8.68. The zero-order valence-electron chi connectivity index (χ0n) is 16.9. The number of hydrogen-bond donors (Lipinski definition) is 1. The summed E-state index contributed by atoms with van der Waals surface area (Å²) in [4.78, 5) is 38.6. The van der Waals surface area contributed by atoms with Crippen molar-refractivity contribution < 1.29 is 28.3 Å². The van der Waals surface area contributed by atoms with Crippen LogP contribution in [-0.4, -0.2) is 35.3 Å². The summed E-state index contributed by atoms with van der Waals surface area (Å²) in [6.45, 7) is -0.294. The van der Waals surface area contributed by atoms with Crippen LogP contribution in [0.4, 0.5) is 10.5 Å². The van der Waals surface area contributed by atoms with E-state index in [4.69, 9.17) is 25.5 Å². The van der Waals surface area contributed by atoms with Gasteiger partial charge in [-0.25, -0.2) is 0 Å². The lowest BCUT2D eigenvalue weighted by atomic mass is 10.2. The van der Waals surface area contributed by atoms with Crippen LogP contribution in [0.5, 0.6) is 11.5 Å². The fraction of sp³-hybridized carbons (Fsp3) is 0.0870. The number of ether oxygens (including phenoxy) is 2. The molecule has 2 aliphatic heterocycles. The Morgan fingerprint density at radius 2 is 1.85 bits per heavy atom. The van der Waals surface area contributed by atoms with Crippen LogP contribution >= 0.6 is 23.4 Å². The number of nitrogens with zero attached hydrogens (tertiary/aromatic N) is 1. The molecule has 0 saturated carbocycles. The molecule has 2 aromatic carbocycles. The molecule has 0 spiro atoms. The summed E-state index contributed by atoms with van der Waals surface area (Å²) in [6, 6.07) is 15.5. The summed E-state index contributed by atoms with van der Waals surface area (Å²) in [5, 5.41) is 2.73. The molecule has 3 aromatic rings. The van der Waals surface area contributed by atoms with Crippen LogP contribution in [0.1, 0.15) is 5.76 Å². The molecule has 0 aliphatic carbocycles. The minimum atomic E-state index is -0.560. The molecule has 166 valence electrons. The van der Waals surface area contributed by atoms with E-state index < -0.39 is 23.6 Å². The average molecular weight is 483 g/mol. The molecule has 8 nitrogen and oxygen atoms in total. The van der Waals surface area contributed by atoms with Crippen molar-refractivity contribution in [3.63, 3.8) is 0 Å². The van der Waals surface area contributed by atoms with Gasteiger partial charge in [-0.2, -0.15) is 0 Å². The molecule has 1 saturated heterocycles. The summed E-state index contributed by atoms with van der Waals surface area (Å²) in [6.07, 6.45) is 1.49. The van der Waals surface area contributed by atoms with Crippen molar-refractivity contribution in [2.75, 3.05) is 18.7 Å². The largest absolute Gasteiger partial charge is 0.457 e. The molecular weight excluding hydrogens is 468 g/mol. The van der Waals surface area contributed by atoms with Crippen LogP contribution < -0.4 is 14.8 Å². The van der Waals surface area contributed by atoms with Crippen LogP contribution in [-0.2, 0) is 9.59 Å². The fourth-order valence-corrected chi connectivity index (χ4v) is 4.23. The van der Waals surface area contributed by atoms with Gasteiger partial charge < -0.3 is 19.2 Å². The molecule has 2 aliphatic rings. The van der Waals surface area contributed by atoms with Crippen LogP contribution in [0.25, 0.3) is 17.4 Å². The molecule has 33 heavy (non-hydrogen) atoms. The minimum Gasteiger partial charge on any atom is -0.457 e. The number of nitrogens with one attached hydrogen (secondary N) is 1. The number of carbonyl (C=O) groups excluding carboxylic acids is 3. The number of imide groups is 1. The maximum Gasteiger partial charge on any atom is 0.294 e. The standard InChI is InChI=1S/C23H15ClN2O6S/c24-14-3-1-13(2-4-14)17-8-6-16(32-17)10-20-22(28)26(23(29)33-20)11-21(27)25-15-5-7-18-19(9-15)31-12-30-18/h1-10H,11-12H2,(H,25,27)/b20-10+. The Morgan fingerprint density at radius 1 is 1.06 bits per heavy atom. The zero-order chi connectivity index (χ0) is 22.9. The molecule has 1 fully saturated rings. The van der Waals surface area contributed by atoms with Crippen molar-refractivity contribution in [2.45, 2.75) is 0 Å². The van der Waals surface area contributed by atoms with E-state index in [0.717, 1.165) is 22.2 Å². The lowest BCUT2D eigenvalue weighted by Gasteiger charge is -2.12. The number of benzene rings is 2. The van der Waals surface area contributed by atoms with E-state index in [-0.39, 0.29) is 11.7 Å². The fourth-order valence-electron chi connectivity index (χ4n) is 3.28. The third kappa shape index (κ3) is 4.46. The predicted octanol–water partition coefficient (Wildman–Crippen LogP) is 5.00. The van der Waals surface area contributed by atoms with Crippen molar-refractivity contribution in [1.29, 1.82) is 0 Å². The second-order valence-electron chi connectivity index (χ2n) is 7.09. The lowest BCUT2D eigenvalue weighted by Crippen LogP contribution is -2.36. The molecule has 10 heteroatoms. The van der Waals surface area contributed by atoms with E-state index in [1.807, 2.05) is 12.1 Å². The zero-order valence-corrected chi connectivity index (χ0v) is 18.4. The lowest BCUT2D eigenvalue weighted by molar-refractivity contribution is -0.127. The highest BCUT2D eigenvalue weighted by Crippen LogP contribution is 2.35. The Kier molecular flexibility index (Phi) is 5.57. The van der Waals surface area contributed by atoms with Crippen molar-refractivity contribution in [3.8, 4) is 22.8 Å². The van der Waals surface area contributed by atoms with Crippen molar-refractivity contribution in [3.05, 3.63) is 70.3 Å². The molecule has 5 rings (SSSR count). The highest BCUT2D eigenvalue weighted by molar-refractivity contribution is 8.18. The van der Waals surface area contributed by atoms with E-state index in [1.165, 1.54) is 6.08 Å². The first-order valence-electron chi connectivity index (χ1n) is 9.77. The number of hydrogen-bond acceptors (Lipinski definition) is 7. The van der Waals surface area contributed by atoms with E-state index in [2.05, 4.69) is 5.32 Å². The van der Waals surface area contributed by atoms with E-state index in [0.29, 0.717) is 33.7 Å². The molecule has 0 radical (unpaired) electrons. The van der Waals surface area contributed by atoms with Gasteiger partial charge in [0, 0.05) is 28.4 Å². The Bertz CT molecular complexity index is 1300. The molecule has 3 amide bonds. The van der Waals surface area contributed by atoms with Gasteiger partial charge >= 0.3 is 0 Å². The van der Waals surface area contributed by atoms with Crippen LogP contribution in [0.2, 0.25) is 5.02 Å². The van der Waals surface area contributed by atoms with Gasteiger partial charge in [0.15, 0.2) is 11.5 Å². The third-order valence-corrected chi connectivity index (χ3v) is 6.02. The van der Waals surface area contributed by atoms with Crippen molar-refractivity contribution in [2.24, 2.45) is 0 Å². The number of rotatable bonds is 5. The smallest absolute Gasteiger partial charge is 0.294 e. The molecule has 3 heterocycles. The quantitative estimate of drug-likeness (QED) is 0.511. The summed E-state index contributed by atoms with van der Waals surface area (Å²) in [5.41, 5.74) is 1.30. The van der Waals surface area contributed by atoms with Gasteiger partial charge in [-0.3, -0.25) is 19.3 Å². The number of furan rings is 1. The third-order valence-electron chi connectivity index (χ3n) is 4.86. The Balaban J connectivity index is 1.25. The summed E-state index contributed by atoms with van der Waals surface area (Å²) in [5.74, 6) is 1.03. The normalized spacial score (nSPS) is 16.0. The number of carbonyl (C=O) groups is 3. The van der Waals surface area contributed by atoms with Crippen LogP contribution in [0.15, 0.2) is 63.9 Å². The minimum absolute atomic E-state index is 0.118. The summed E-state index contributed by atoms with van der Waals surface area (Å²) in [7, 11) is 0.